The number of hydrogen-bond acceptors (Lipinski definition) is 5. The molecule has 2 fully saturated rings. The maximum Gasteiger partial charge on any atom is 0.415 e. The smallest absolute Gasteiger partial charge is 0.373 e. The summed E-state index contributed by atoms with van der Waals surface area (Å²) < 4.78 is 43.5. The van der Waals surface area contributed by atoms with Gasteiger partial charge in [-0.05, 0) is 50.8 Å². The molecule has 1 saturated carbocycles. The highest BCUT2D eigenvalue weighted by molar-refractivity contribution is 6.02. The minimum Gasteiger partial charge on any atom is -0.373 e. The van der Waals surface area contributed by atoms with Gasteiger partial charge in [0.15, 0.2) is 5.54 Å². The molecule has 2 atom stereocenters. The molecule has 6 nitrogen and oxygen atoms in total. The van der Waals surface area contributed by atoms with Crippen molar-refractivity contribution in [1.29, 1.82) is 0 Å². The molecule has 1 unspecified atom stereocenters. The molecular formula is C24H32F3N5O. The number of nitrogens with one attached hydrogen (secondary N) is 2. The first-order chi connectivity index (χ1) is 15.5. The molecular weight excluding hydrogens is 431 g/mol. The van der Waals surface area contributed by atoms with Crippen LogP contribution in [0.2, 0.25) is 0 Å². The van der Waals surface area contributed by atoms with Crippen LogP contribution in [0.1, 0.15) is 57.9 Å². The molecule has 2 aliphatic heterocycles. The van der Waals surface area contributed by atoms with Crippen molar-refractivity contribution in [3.05, 3.63) is 47.6 Å². The van der Waals surface area contributed by atoms with Gasteiger partial charge in [-0.3, -0.25) is 9.78 Å². The largest absolute Gasteiger partial charge is 0.415 e. The SMILES string of the molecule is CC1(C(F)(F)F)NC=C(C(=O)NC2CCCCC2)C(N2CC[C@](C)(N)C2)=C1c1ccncc1. The van der Waals surface area contributed by atoms with Crippen LogP contribution in [0, 0.1) is 0 Å². The molecule has 0 aromatic carbocycles. The summed E-state index contributed by atoms with van der Waals surface area (Å²) >= 11 is 0. The highest BCUT2D eigenvalue weighted by Crippen LogP contribution is 2.47. The standard InChI is InChI=1S/C24H32F3N5O/c1-22(28)10-13-32(15-22)20-18(21(33)31-17-6-4-3-5-7-17)14-30-23(2,24(25,26)27)19(20)16-8-11-29-12-9-16/h8-9,11-12,14,17,30H,3-7,10,13,15,28H2,1-2H3,(H,31,33)/t22-,23?/m0/s1. The number of pyridine rings is 1. The third-order valence-corrected chi connectivity index (χ3v) is 7.04. The van der Waals surface area contributed by atoms with E-state index in [1.807, 2.05) is 11.8 Å². The van der Waals surface area contributed by atoms with Gasteiger partial charge in [-0.1, -0.05) is 19.3 Å². The van der Waals surface area contributed by atoms with Gasteiger partial charge in [0.05, 0.1) is 11.3 Å². The minimum atomic E-state index is -4.61. The van der Waals surface area contributed by atoms with Gasteiger partial charge in [0.25, 0.3) is 5.91 Å². The lowest BCUT2D eigenvalue weighted by molar-refractivity contribution is -0.171. The average molecular weight is 464 g/mol. The number of amides is 1. The Morgan fingerprint density at radius 2 is 1.88 bits per heavy atom. The average Bonchev–Trinajstić information content (AvgIpc) is 3.13. The Kier molecular flexibility index (Phi) is 6.20. The summed E-state index contributed by atoms with van der Waals surface area (Å²) in [5.41, 5.74) is 4.31. The van der Waals surface area contributed by atoms with E-state index in [4.69, 9.17) is 5.73 Å². The van der Waals surface area contributed by atoms with Gasteiger partial charge in [0, 0.05) is 48.8 Å². The van der Waals surface area contributed by atoms with E-state index in [1.54, 1.807) is 12.1 Å². The molecule has 1 aromatic heterocycles. The first-order valence-electron chi connectivity index (χ1n) is 11.6. The molecule has 1 aromatic rings. The fourth-order valence-corrected chi connectivity index (χ4v) is 5.08. The van der Waals surface area contributed by atoms with Crippen LogP contribution in [0.3, 0.4) is 0 Å². The van der Waals surface area contributed by atoms with Crippen molar-refractivity contribution in [2.24, 2.45) is 5.73 Å². The summed E-state index contributed by atoms with van der Waals surface area (Å²) in [4.78, 5) is 19.2. The van der Waals surface area contributed by atoms with Crippen LogP contribution >= 0.6 is 0 Å². The van der Waals surface area contributed by atoms with Gasteiger partial charge in [-0.15, -0.1) is 0 Å². The van der Waals surface area contributed by atoms with Gasteiger partial charge in [-0.2, -0.15) is 13.2 Å². The first kappa shape index (κ1) is 23.6. The van der Waals surface area contributed by atoms with E-state index in [1.165, 1.54) is 18.6 Å². The number of nitrogens with zero attached hydrogens (tertiary/aromatic N) is 2. The Hall–Kier alpha value is -2.55. The predicted octanol–water partition coefficient (Wildman–Crippen LogP) is 3.47. The lowest BCUT2D eigenvalue weighted by Crippen LogP contribution is -2.57. The summed E-state index contributed by atoms with van der Waals surface area (Å²) in [7, 11) is 0. The fourth-order valence-electron chi connectivity index (χ4n) is 5.08. The number of carbonyl (C=O) groups excluding carboxylic acids is 1. The van der Waals surface area contributed by atoms with Crippen LogP contribution in [0.4, 0.5) is 13.2 Å². The number of rotatable bonds is 4. The topological polar surface area (TPSA) is 83.3 Å². The minimum absolute atomic E-state index is 0.0198. The predicted molar refractivity (Wildman–Crippen MR) is 121 cm³/mol. The molecule has 4 rings (SSSR count). The summed E-state index contributed by atoms with van der Waals surface area (Å²) in [6, 6.07) is 3.15. The molecule has 33 heavy (non-hydrogen) atoms. The van der Waals surface area contributed by atoms with Crippen molar-refractivity contribution in [2.75, 3.05) is 13.1 Å². The third-order valence-electron chi connectivity index (χ3n) is 7.04. The molecule has 3 aliphatic rings. The summed E-state index contributed by atoms with van der Waals surface area (Å²) in [6.45, 7) is 3.83. The number of aromatic nitrogens is 1. The molecule has 4 N–H and O–H groups in total. The van der Waals surface area contributed by atoms with Crippen LogP contribution in [-0.2, 0) is 4.79 Å². The van der Waals surface area contributed by atoms with Crippen LogP contribution in [0.25, 0.3) is 5.57 Å². The highest BCUT2D eigenvalue weighted by atomic mass is 19.4. The number of dihydropyridines is 1. The number of alkyl halides is 3. The second-order valence-electron chi connectivity index (χ2n) is 9.92. The van der Waals surface area contributed by atoms with Gasteiger partial charge >= 0.3 is 6.18 Å². The molecule has 180 valence electrons. The Morgan fingerprint density at radius 3 is 2.45 bits per heavy atom. The van der Waals surface area contributed by atoms with Crippen molar-refractivity contribution >= 4 is 11.5 Å². The molecule has 1 aliphatic carbocycles. The van der Waals surface area contributed by atoms with Crippen molar-refractivity contribution in [1.82, 2.24) is 20.5 Å². The summed E-state index contributed by atoms with van der Waals surface area (Å²) in [5, 5.41) is 5.61. The molecule has 1 amide bonds. The fraction of sp³-hybridized carbons (Fsp3) is 0.583. The van der Waals surface area contributed by atoms with E-state index < -0.39 is 17.3 Å². The Bertz CT molecular complexity index is 951. The number of halogens is 3. The van der Waals surface area contributed by atoms with Gasteiger partial charge < -0.3 is 21.3 Å². The van der Waals surface area contributed by atoms with Gasteiger partial charge in [0.2, 0.25) is 0 Å². The molecule has 1 saturated heterocycles. The number of nitrogens with two attached hydrogens (primary N) is 1. The maximum atomic E-state index is 14.5. The second-order valence-corrected chi connectivity index (χ2v) is 9.92. The van der Waals surface area contributed by atoms with Crippen LogP contribution in [-0.4, -0.2) is 52.2 Å². The van der Waals surface area contributed by atoms with Crippen LogP contribution in [0.5, 0.6) is 0 Å². The van der Waals surface area contributed by atoms with Crippen molar-refractivity contribution in [3.8, 4) is 0 Å². The molecule has 0 radical (unpaired) electrons. The monoisotopic (exact) mass is 463 g/mol. The highest BCUT2D eigenvalue weighted by Gasteiger charge is 2.57. The first-order valence-corrected chi connectivity index (χ1v) is 11.6. The van der Waals surface area contributed by atoms with Gasteiger partial charge in [-0.25, -0.2) is 0 Å². The zero-order valence-corrected chi connectivity index (χ0v) is 19.1. The van der Waals surface area contributed by atoms with Crippen molar-refractivity contribution < 1.29 is 18.0 Å². The number of likely N-dealkylation sites (tertiary alicyclic amines) is 1. The molecule has 0 bridgehead atoms. The molecule has 9 heteroatoms. The van der Waals surface area contributed by atoms with Crippen molar-refractivity contribution in [3.63, 3.8) is 0 Å². The number of hydrogen-bond donors (Lipinski definition) is 3. The van der Waals surface area contributed by atoms with E-state index in [9.17, 15) is 18.0 Å². The van der Waals surface area contributed by atoms with Gasteiger partial charge in [0.1, 0.15) is 0 Å². The lowest BCUT2D eigenvalue weighted by Gasteiger charge is -2.42. The Labute approximate surface area is 192 Å². The van der Waals surface area contributed by atoms with E-state index in [-0.39, 0.29) is 23.1 Å². The normalized spacial score (nSPS) is 29.0. The van der Waals surface area contributed by atoms with E-state index >= 15 is 0 Å². The quantitative estimate of drug-likeness (QED) is 0.637. The Morgan fingerprint density at radius 1 is 1.21 bits per heavy atom. The van der Waals surface area contributed by atoms with E-state index in [2.05, 4.69) is 15.6 Å². The molecule has 3 heterocycles. The van der Waals surface area contributed by atoms with Crippen molar-refractivity contribution in [2.45, 2.75) is 75.7 Å². The van der Waals surface area contributed by atoms with Crippen LogP contribution in [0.15, 0.2) is 42.0 Å². The molecule has 0 spiro atoms. The third kappa shape index (κ3) is 4.60. The summed E-state index contributed by atoms with van der Waals surface area (Å²) in [5.74, 6) is -0.356. The van der Waals surface area contributed by atoms with E-state index in [0.29, 0.717) is 30.8 Å². The number of carbonyl (C=O) groups is 1. The zero-order chi connectivity index (χ0) is 23.9. The Balaban J connectivity index is 1.84. The van der Waals surface area contributed by atoms with Crippen LogP contribution < -0.4 is 16.4 Å². The second kappa shape index (κ2) is 8.66. The van der Waals surface area contributed by atoms with E-state index in [0.717, 1.165) is 39.0 Å². The maximum absolute atomic E-state index is 14.5. The zero-order valence-electron chi connectivity index (χ0n) is 19.1. The lowest BCUT2D eigenvalue weighted by atomic mass is 9.80. The summed E-state index contributed by atoms with van der Waals surface area (Å²) in [6.07, 6.45) is 5.16.